The molecule has 1 saturated heterocycles. The molecule has 2 heterocycles. The molecule has 3 N–H and O–H groups in total. The van der Waals surface area contributed by atoms with Crippen molar-refractivity contribution in [2.75, 3.05) is 13.2 Å². The third-order valence-electron chi connectivity index (χ3n) is 4.88. The van der Waals surface area contributed by atoms with Gasteiger partial charge in [0.15, 0.2) is 0 Å². The van der Waals surface area contributed by atoms with Crippen LogP contribution in [0.25, 0.3) is 0 Å². The molecular formula is C16H22N4O5. The largest absolute Gasteiger partial charge is 0.463 e. The van der Waals surface area contributed by atoms with Crippen LogP contribution in [0.1, 0.15) is 39.5 Å². The molecule has 5 amide bonds. The predicted octanol–water partition coefficient (Wildman–Crippen LogP) is 0.370. The van der Waals surface area contributed by atoms with E-state index in [1.54, 1.807) is 13.8 Å². The first-order valence-corrected chi connectivity index (χ1v) is 8.50. The molecule has 136 valence electrons. The molecule has 1 aliphatic carbocycles. The molecule has 3 rings (SSSR count). The van der Waals surface area contributed by atoms with Crippen LogP contribution in [-0.2, 0) is 14.3 Å². The second kappa shape index (κ2) is 6.38. The number of rotatable bonds is 4. The number of hydrogen-bond donors (Lipinski definition) is 3. The molecule has 0 aromatic carbocycles. The van der Waals surface area contributed by atoms with Gasteiger partial charge in [-0.05, 0) is 26.7 Å². The maximum Gasteiger partial charge on any atom is 0.337 e. The molecule has 0 bridgehead atoms. The number of urea groups is 2. The molecule has 0 aromatic heterocycles. The van der Waals surface area contributed by atoms with Crippen molar-refractivity contribution in [2.45, 2.75) is 51.1 Å². The summed E-state index contributed by atoms with van der Waals surface area (Å²) in [5.74, 6) is -0.883. The average Bonchev–Trinajstić information content (AvgIpc) is 3.08. The number of ether oxygens (including phenoxy) is 1. The molecule has 1 saturated carbocycles. The lowest BCUT2D eigenvalue weighted by Gasteiger charge is -2.28. The van der Waals surface area contributed by atoms with Gasteiger partial charge in [-0.3, -0.25) is 9.69 Å². The molecule has 9 nitrogen and oxygen atoms in total. The minimum atomic E-state index is -0.829. The molecule has 1 atom stereocenters. The summed E-state index contributed by atoms with van der Waals surface area (Å²) >= 11 is 0. The van der Waals surface area contributed by atoms with Crippen LogP contribution in [0, 0.1) is 0 Å². The third-order valence-corrected chi connectivity index (χ3v) is 4.88. The molecular weight excluding hydrogens is 328 g/mol. The predicted molar refractivity (Wildman–Crippen MR) is 86.2 cm³/mol. The van der Waals surface area contributed by atoms with Gasteiger partial charge in [0.1, 0.15) is 5.54 Å². The van der Waals surface area contributed by atoms with Crippen molar-refractivity contribution in [3.63, 3.8) is 0 Å². The van der Waals surface area contributed by atoms with Gasteiger partial charge >= 0.3 is 18.0 Å². The number of carbonyl (C=O) groups excluding carboxylic acids is 4. The number of hydrogen-bond acceptors (Lipinski definition) is 5. The van der Waals surface area contributed by atoms with Crippen molar-refractivity contribution in [3.05, 3.63) is 11.3 Å². The Balaban J connectivity index is 1.89. The molecule has 1 spiro atoms. The number of amides is 5. The Labute approximate surface area is 145 Å². The molecule has 0 unspecified atom stereocenters. The van der Waals surface area contributed by atoms with Crippen LogP contribution in [0.4, 0.5) is 9.59 Å². The average molecular weight is 350 g/mol. The van der Waals surface area contributed by atoms with Crippen LogP contribution < -0.4 is 16.0 Å². The fourth-order valence-corrected chi connectivity index (χ4v) is 3.70. The Morgan fingerprint density at radius 2 is 1.96 bits per heavy atom. The number of imide groups is 1. The standard InChI is InChI=1S/C16H22N4O5/c1-3-25-12(21)11-9(2)17-14(23)18-10(11)8-20-13(22)16(19-15(20)24)6-4-5-7-16/h9H,3-8H2,1-2H3,(H,19,24)(H2,17,18,23)/t9-/m1/s1. The van der Waals surface area contributed by atoms with Gasteiger partial charge < -0.3 is 20.7 Å². The fraction of sp³-hybridized carbons (Fsp3) is 0.625. The summed E-state index contributed by atoms with van der Waals surface area (Å²) in [5, 5.41) is 7.90. The summed E-state index contributed by atoms with van der Waals surface area (Å²) in [5.41, 5.74) is -0.396. The van der Waals surface area contributed by atoms with E-state index in [-0.39, 0.29) is 30.3 Å². The highest BCUT2D eigenvalue weighted by Crippen LogP contribution is 2.35. The van der Waals surface area contributed by atoms with Gasteiger partial charge in [-0.25, -0.2) is 14.4 Å². The summed E-state index contributed by atoms with van der Waals surface area (Å²) in [6.07, 6.45) is 2.99. The number of esters is 1. The smallest absolute Gasteiger partial charge is 0.337 e. The van der Waals surface area contributed by atoms with E-state index < -0.39 is 29.6 Å². The minimum Gasteiger partial charge on any atom is -0.463 e. The van der Waals surface area contributed by atoms with Gasteiger partial charge in [0.25, 0.3) is 5.91 Å². The highest BCUT2D eigenvalue weighted by Gasteiger charge is 2.52. The highest BCUT2D eigenvalue weighted by molar-refractivity contribution is 6.07. The molecule has 0 radical (unpaired) electrons. The molecule has 2 fully saturated rings. The van der Waals surface area contributed by atoms with Crippen LogP contribution in [0.2, 0.25) is 0 Å². The second-order valence-corrected chi connectivity index (χ2v) is 6.54. The zero-order valence-electron chi connectivity index (χ0n) is 14.3. The summed E-state index contributed by atoms with van der Waals surface area (Å²) in [4.78, 5) is 50.2. The molecule has 0 aromatic rings. The molecule has 2 aliphatic heterocycles. The van der Waals surface area contributed by atoms with E-state index >= 15 is 0 Å². The zero-order chi connectivity index (χ0) is 18.2. The maximum atomic E-state index is 12.8. The van der Waals surface area contributed by atoms with E-state index in [0.717, 1.165) is 17.7 Å². The van der Waals surface area contributed by atoms with Crippen molar-refractivity contribution in [1.82, 2.24) is 20.9 Å². The van der Waals surface area contributed by atoms with Gasteiger partial charge in [-0.2, -0.15) is 0 Å². The highest BCUT2D eigenvalue weighted by atomic mass is 16.5. The van der Waals surface area contributed by atoms with Crippen LogP contribution in [0.3, 0.4) is 0 Å². The summed E-state index contributed by atoms with van der Waals surface area (Å²) < 4.78 is 5.04. The minimum absolute atomic E-state index is 0.168. The van der Waals surface area contributed by atoms with E-state index in [2.05, 4.69) is 16.0 Å². The van der Waals surface area contributed by atoms with E-state index in [4.69, 9.17) is 4.74 Å². The number of nitrogens with zero attached hydrogens (tertiary/aromatic N) is 1. The van der Waals surface area contributed by atoms with Crippen LogP contribution >= 0.6 is 0 Å². The van der Waals surface area contributed by atoms with Gasteiger partial charge in [-0.1, -0.05) is 12.8 Å². The normalized spacial score (nSPS) is 25.1. The van der Waals surface area contributed by atoms with Gasteiger partial charge in [0, 0.05) is 0 Å². The van der Waals surface area contributed by atoms with Crippen molar-refractivity contribution in [2.24, 2.45) is 0 Å². The van der Waals surface area contributed by atoms with Gasteiger partial charge in [0.2, 0.25) is 0 Å². The topological polar surface area (TPSA) is 117 Å². The van der Waals surface area contributed by atoms with Crippen LogP contribution in [0.5, 0.6) is 0 Å². The fourth-order valence-electron chi connectivity index (χ4n) is 3.70. The molecule has 3 aliphatic rings. The Morgan fingerprint density at radius 1 is 1.28 bits per heavy atom. The van der Waals surface area contributed by atoms with E-state index in [0.29, 0.717) is 12.8 Å². The van der Waals surface area contributed by atoms with Crippen molar-refractivity contribution in [1.29, 1.82) is 0 Å². The van der Waals surface area contributed by atoms with E-state index in [1.807, 2.05) is 0 Å². The first kappa shape index (κ1) is 17.2. The lowest BCUT2D eigenvalue weighted by molar-refractivity contribution is -0.139. The van der Waals surface area contributed by atoms with Crippen LogP contribution in [0.15, 0.2) is 11.3 Å². The number of nitrogens with one attached hydrogen (secondary N) is 3. The molecule has 9 heteroatoms. The van der Waals surface area contributed by atoms with E-state index in [9.17, 15) is 19.2 Å². The lowest BCUT2D eigenvalue weighted by atomic mass is 9.97. The quantitative estimate of drug-likeness (QED) is 0.500. The Hall–Kier alpha value is -2.58. The van der Waals surface area contributed by atoms with Crippen molar-refractivity contribution >= 4 is 23.9 Å². The maximum absolute atomic E-state index is 12.8. The summed E-state index contributed by atoms with van der Waals surface area (Å²) in [6, 6.07) is -1.56. The van der Waals surface area contributed by atoms with E-state index in [1.165, 1.54) is 0 Å². The third kappa shape index (κ3) is 2.94. The summed E-state index contributed by atoms with van der Waals surface area (Å²) in [6.45, 7) is 3.34. The van der Waals surface area contributed by atoms with Gasteiger partial charge in [0.05, 0.1) is 30.5 Å². The Kier molecular flexibility index (Phi) is 4.40. The van der Waals surface area contributed by atoms with Crippen molar-refractivity contribution < 1.29 is 23.9 Å². The van der Waals surface area contributed by atoms with Crippen LogP contribution in [-0.4, -0.2) is 53.6 Å². The zero-order valence-corrected chi connectivity index (χ0v) is 14.3. The Morgan fingerprint density at radius 3 is 2.60 bits per heavy atom. The number of carbonyl (C=O) groups is 4. The first-order valence-electron chi connectivity index (χ1n) is 8.50. The summed E-state index contributed by atoms with van der Waals surface area (Å²) in [7, 11) is 0. The lowest BCUT2D eigenvalue weighted by Crippen LogP contribution is -2.52. The van der Waals surface area contributed by atoms with Crippen molar-refractivity contribution in [3.8, 4) is 0 Å². The Bertz CT molecular complexity index is 665. The monoisotopic (exact) mass is 350 g/mol. The van der Waals surface area contributed by atoms with Gasteiger partial charge in [-0.15, -0.1) is 0 Å². The first-order chi connectivity index (χ1) is 11.9. The molecule has 25 heavy (non-hydrogen) atoms. The second-order valence-electron chi connectivity index (χ2n) is 6.54. The SMILES string of the molecule is CCOC(=O)C1=C(CN2C(=O)NC3(CCCC3)C2=O)NC(=O)N[C@@H]1C.